The summed E-state index contributed by atoms with van der Waals surface area (Å²) < 4.78 is 0. The lowest BCUT2D eigenvalue weighted by Crippen LogP contribution is -3.17. The molecule has 90 valence electrons. The van der Waals surface area contributed by atoms with Gasteiger partial charge in [-0.2, -0.15) is 5.06 Å². The third-order valence-corrected chi connectivity index (χ3v) is 4.05. The van der Waals surface area contributed by atoms with Gasteiger partial charge in [0.1, 0.15) is 12.1 Å². The Balaban J connectivity index is 0.00000112. The van der Waals surface area contributed by atoms with Crippen LogP contribution in [0, 0.1) is 0 Å². The van der Waals surface area contributed by atoms with Gasteiger partial charge in [-0.05, 0) is 25.7 Å². The van der Waals surface area contributed by atoms with Crippen molar-refractivity contribution in [1.82, 2.24) is 0 Å². The summed E-state index contributed by atoms with van der Waals surface area (Å²) in [5, 5.41) is 11.1. The monoisotopic (exact) mass is 233 g/mol. The second-order valence-electron chi connectivity index (χ2n) is 5.09. The molecule has 0 aromatic carbocycles. The van der Waals surface area contributed by atoms with E-state index in [9.17, 15) is 5.21 Å². The van der Waals surface area contributed by atoms with Gasteiger partial charge in [0.2, 0.25) is 0 Å². The van der Waals surface area contributed by atoms with E-state index in [1.807, 2.05) is 0 Å². The van der Waals surface area contributed by atoms with Crippen molar-refractivity contribution in [3.8, 4) is 0 Å². The molecule has 2 nitrogen and oxygen atoms in total. The topological polar surface area (TPSA) is 24.7 Å². The number of quaternary nitrogens is 1. The van der Waals surface area contributed by atoms with Gasteiger partial charge in [0.05, 0.1) is 0 Å². The third kappa shape index (κ3) is 3.61. The van der Waals surface area contributed by atoms with Crippen LogP contribution in [0.3, 0.4) is 0 Å². The van der Waals surface area contributed by atoms with Crippen LogP contribution in [-0.4, -0.2) is 17.3 Å². The van der Waals surface area contributed by atoms with Crippen LogP contribution in [0.5, 0.6) is 0 Å². The van der Waals surface area contributed by atoms with Crippen molar-refractivity contribution in [1.29, 1.82) is 0 Å². The SMILES string of the molecule is O[NH+](C1CCCCC1)C1CCCCC1.[Cl-]. The lowest BCUT2D eigenvalue weighted by atomic mass is 9.90. The van der Waals surface area contributed by atoms with E-state index < -0.39 is 0 Å². The lowest BCUT2D eigenvalue weighted by Gasteiger charge is -2.32. The smallest absolute Gasteiger partial charge is 0.117 e. The summed E-state index contributed by atoms with van der Waals surface area (Å²) in [5.74, 6) is 0. The second kappa shape index (κ2) is 6.72. The molecule has 0 aromatic rings. The minimum absolute atomic E-state index is 0. The molecule has 2 aliphatic rings. The first-order chi connectivity index (χ1) is 6.88. The van der Waals surface area contributed by atoms with Crippen LogP contribution in [0.1, 0.15) is 64.2 Å². The molecule has 0 bridgehead atoms. The van der Waals surface area contributed by atoms with E-state index in [4.69, 9.17) is 0 Å². The number of rotatable bonds is 2. The highest BCUT2D eigenvalue weighted by Crippen LogP contribution is 2.19. The molecule has 3 heteroatoms. The molecular weight excluding hydrogens is 210 g/mol. The first-order valence-electron chi connectivity index (χ1n) is 6.43. The van der Waals surface area contributed by atoms with Gasteiger partial charge in [0.15, 0.2) is 0 Å². The molecule has 15 heavy (non-hydrogen) atoms. The van der Waals surface area contributed by atoms with E-state index in [1.54, 1.807) is 0 Å². The first-order valence-corrected chi connectivity index (χ1v) is 6.43. The Labute approximate surface area is 99.4 Å². The molecule has 2 fully saturated rings. The molecule has 2 aliphatic carbocycles. The molecule has 0 heterocycles. The predicted octanol–water partition coefficient (Wildman–Crippen LogP) is -1.07. The van der Waals surface area contributed by atoms with Gasteiger partial charge in [-0.3, -0.25) is 0 Å². The fourth-order valence-corrected chi connectivity index (χ4v) is 3.13. The summed E-state index contributed by atoms with van der Waals surface area (Å²) in [4.78, 5) is 0. The van der Waals surface area contributed by atoms with Gasteiger partial charge in [-0.1, -0.05) is 12.8 Å². The number of hydrogen-bond donors (Lipinski definition) is 2. The highest BCUT2D eigenvalue weighted by atomic mass is 35.5. The van der Waals surface area contributed by atoms with Gasteiger partial charge >= 0.3 is 0 Å². The van der Waals surface area contributed by atoms with E-state index in [0.717, 1.165) is 5.06 Å². The number of halogens is 1. The maximum atomic E-state index is 10.2. The van der Waals surface area contributed by atoms with Gasteiger partial charge in [-0.15, -0.1) is 0 Å². The van der Waals surface area contributed by atoms with Crippen molar-refractivity contribution in [2.24, 2.45) is 0 Å². The zero-order chi connectivity index (χ0) is 9.80. The Hall–Kier alpha value is 0.210. The second-order valence-corrected chi connectivity index (χ2v) is 5.09. The molecule has 0 saturated heterocycles. The van der Waals surface area contributed by atoms with Crippen LogP contribution < -0.4 is 17.5 Å². The van der Waals surface area contributed by atoms with Gasteiger partial charge in [-0.25, -0.2) is 5.21 Å². The molecule has 0 radical (unpaired) electrons. The summed E-state index contributed by atoms with van der Waals surface area (Å²) in [6.45, 7) is 0. The van der Waals surface area contributed by atoms with Gasteiger partial charge in [0, 0.05) is 25.7 Å². The number of hydroxylamine groups is 2. The lowest BCUT2D eigenvalue weighted by molar-refractivity contribution is -1.13. The molecule has 2 saturated carbocycles. The van der Waals surface area contributed by atoms with Crippen LogP contribution in [-0.2, 0) is 0 Å². The zero-order valence-corrected chi connectivity index (χ0v) is 10.3. The fourth-order valence-electron chi connectivity index (χ4n) is 3.13. The van der Waals surface area contributed by atoms with Crippen LogP contribution in [0.2, 0.25) is 0 Å². The average Bonchev–Trinajstić information content (AvgIpc) is 2.30. The highest BCUT2D eigenvalue weighted by molar-refractivity contribution is 4.67. The predicted molar refractivity (Wildman–Crippen MR) is 56.5 cm³/mol. The molecule has 0 atom stereocenters. The van der Waals surface area contributed by atoms with Crippen molar-refractivity contribution < 1.29 is 22.7 Å². The van der Waals surface area contributed by atoms with Crippen molar-refractivity contribution in [2.45, 2.75) is 76.3 Å². The molecule has 0 aliphatic heterocycles. The van der Waals surface area contributed by atoms with Crippen LogP contribution in [0.25, 0.3) is 0 Å². The molecule has 0 amide bonds. The summed E-state index contributed by atoms with van der Waals surface area (Å²) >= 11 is 0. The molecule has 2 rings (SSSR count). The molecule has 0 spiro atoms. The fraction of sp³-hybridized carbons (Fsp3) is 1.00. The maximum Gasteiger partial charge on any atom is 0.117 e. The van der Waals surface area contributed by atoms with E-state index in [-0.39, 0.29) is 12.4 Å². The number of nitrogens with one attached hydrogen (secondary N) is 1. The van der Waals surface area contributed by atoms with E-state index >= 15 is 0 Å². The van der Waals surface area contributed by atoms with Gasteiger partial charge < -0.3 is 12.4 Å². The molecule has 0 unspecified atom stereocenters. The minimum atomic E-state index is 0. The van der Waals surface area contributed by atoms with Crippen LogP contribution in [0.4, 0.5) is 0 Å². The van der Waals surface area contributed by atoms with E-state index in [1.165, 1.54) is 64.2 Å². The van der Waals surface area contributed by atoms with Crippen molar-refractivity contribution in [3.05, 3.63) is 0 Å². The largest absolute Gasteiger partial charge is 1.00 e. The van der Waals surface area contributed by atoms with Crippen LogP contribution >= 0.6 is 0 Å². The Morgan fingerprint density at radius 1 is 0.667 bits per heavy atom. The number of hydrogen-bond acceptors (Lipinski definition) is 1. The zero-order valence-electron chi connectivity index (χ0n) is 9.55. The molecule has 2 N–H and O–H groups in total. The van der Waals surface area contributed by atoms with Crippen molar-refractivity contribution in [3.63, 3.8) is 0 Å². The summed E-state index contributed by atoms with van der Waals surface area (Å²) in [7, 11) is 0. The highest BCUT2D eigenvalue weighted by Gasteiger charge is 2.31. The van der Waals surface area contributed by atoms with Crippen LogP contribution in [0.15, 0.2) is 0 Å². The Kier molecular flexibility index (Phi) is 5.95. The minimum Gasteiger partial charge on any atom is -1.00 e. The summed E-state index contributed by atoms with van der Waals surface area (Å²) in [5.41, 5.74) is 0. The standard InChI is InChI=1S/C12H23NO.ClH/c14-13(11-7-3-1-4-8-11)12-9-5-2-6-10-12;/h11-12,14H,1-10H2;1H. The summed E-state index contributed by atoms with van der Waals surface area (Å²) in [6.07, 6.45) is 13.1. The van der Waals surface area contributed by atoms with E-state index in [2.05, 4.69) is 0 Å². The maximum absolute atomic E-state index is 10.2. The van der Waals surface area contributed by atoms with Crippen molar-refractivity contribution in [2.75, 3.05) is 0 Å². The quantitative estimate of drug-likeness (QED) is 0.584. The summed E-state index contributed by atoms with van der Waals surface area (Å²) in [6, 6.07) is 1.12. The third-order valence-electron chi connectivity index (χ3n) is 4.05. The van der Waals surface area contributed by atoms with E-state index in [0.29, 0.717) is 12.1 Å². The Morgan fingerprint density at radius 2 is 1.00 bits per heavy atom. The normalized spacial score (nSPS) is 25.2. The Morgan fingerprint density at radius 3 is 1.33 bits per heavy atom. The average molecular weight is 234 g/mol. The molecule has 0 aromatic heterocycles. The van der Waals surface area contributed by atoms with Gasteiger partial charge in [0.25, 0.3) is 0 Å². The first kappa shape index (κ1) is 13.3. The van der Waals surface area contributed by atoms with Crippen molar-refractivity contribution >= 4 is 0 Å². The molecular formula is C12H24ClNO. The Bertz CT molecular complexity index is 147.